The fourth-order valence-electron chi connectivity index (χ4n) is 4.68. The quantitative estimate of drug-likeness (QED) is 0.447. The van der Waals surface area contributed by atoms with Crippen LogP contribution in [-0.4, -0.2) is 74.8 Å². The number of aliphatic hydroxyl groups is 1. The number of amides is 2. The maximum atomic E-state index is 14.9. The second-order valence-electron chi connectivity index (χ2n) is 9.81. The number of rotatable bonds is 7. The van der Waals surface area contributed by atoms with E-state index in [1.54, 1.807) is 13.0 Å². The number of carbonyl (C=O) groups excluding carboxylic acids is 2. The molecule has 11 heteroatoms. The van der Waals surface area contributed by atoms with Crippen LogP contribution < -0.4 is 10.1 Å². The second-order valence-corrected chi connectivity index (χ2v) is 9.81. The molecule has 1 saturated heterocycles. The van der Waals surface area contributed by atoms with Gasteiger partial charge in [0.15, 0.2) is 0 Å². The summed E-state index contributed by atoms with van der Waals surface area (Å²) < 4.78 is 35.0. The molecule has 3 N–H and O–H groups in total. The predicted molar refractivity (Wildman–Crippen MR) is 131 cm³/mol. The van der Waals surface area contributed by atoms with E-state index in [2.05, 4.69) is 20.3 Å². The van der Waals surface area contributed by atoms with Crippen LogP contribution >= 0.6 is 0 Å². The van der Waals surface area contributed by atoms with Gasteiger partial charge in [0.05, 0.1) is 30.3 Å². The largest absolute Gasteiger partial charge is 0.493 e. The van der Waals surface area contributed by atoms with Gasteiger partial charge >= 0.3 is 0 Å². The Morgan fingerprint density at radius 2 is 2.08 bits per heavy atom. The molecule has 2 aliphatic rings. The number of alkyl halides is 1. The van der Waals surface area contributed by atoms with Gasteiger partial charge in [-0.05, 0) is 57.2 Å². The molecule has 3 heterocycles. The minimum Gasteiger partial charge on any atom is -0.493 e. The van der Waals surface area contributed by atoms with Gasteiger partial charge in [0, 0.05) is 17.8 Å². The van der Waals surface area contributed by atoms with Crippen LogP contribution in [0.3, 0.4) is 0 Å². The Morgan fingerprint density at radius 1 is 1.30 bits per heavy atom. The lowest BCUT2D eigenvalue weighted by molar-refractivity contribution is -0.141. The summed E-state index contributed by atoms with van der Waals surface area (Å²) in [5.41, 5.74) is 2.36. The maximum absolute atomic E-state index is 14.9. The van der Waals surface area contributed by atoms with Crippen molar-refractivity contribution < 1.29 is 28.2 Å². The van der Waals surface area contributed by atoms with E-state index in [0.717, 1.165) is 12.8 Å². The Hall–Kier alpha value is -3.60. The first-order valence-corrected chi connectivity index (χ1v) is 12.4. The van der Waals surface area contributed by atoms with Crippen molar-refractivity contribution in [2.75, 3.05) is 19.7 Å². The average molecular weight is 514 g/mol. The Balaban J connectivity index is 1.41. The van der Waals surface area contributed by atoms with Crippen molar-refractivity contribution in [3.63, 3.8) is 0 Å². The summed E-state index contributed by atoms with van der Waals surface area (Å²) in [7, 11) is 0. The molecule has 9 nitrogen and oxygen atoms in total. The minimum absolute atomic E-state index is 0.206. The average Bonchev–Trinajstić information content (AvgIpc) is 3.63. The molecule has 2 amide bonds. The molecular formula is C26H29F2N5O4. The van der Waals surface area contributed by atoms with Gasteiger partial charge in [0.2, 0.25) is 0 Å². The third-order valence-electron chi connectivity index (χ3n) is 6.89. The molecule has 196 valence electrons. The number of fused-ring (bicyclic) bond motifs is 1. The molecule has 1 aliphatic heterocycles. The zero-order valence-electron chi connectivity index (χ0n) is 20.6. The lowest BCUT2D eigenvalue weighted by Gasteiger charge is -2.35. The van der Waals surface area contributed by atoms with Crippen molar-refractivity contribution in [1.29, 1.82) is 0 Å². The summed E-state index contributed by atoms with van der Waals surface area (Å²) in [4.78, 5) is 38.3. The van der Waals surface area contributed by atoms with E-state index < -0.39 is 35.9 Å². The van der Waals surface area contributed by atoms with Crippen molar-refractivity contribution in [3.8, 4) is 17.0 Å². The highest BCUT2D eigenvalue weighted by Crippen LogP contribution is 2.36. The number of nitrogens with zero attached hydrogens (tertiary/aromatic N) is 3. The normalized spacial score (nSPS) is 20.6. The lowest BCUT2D eigenvalue weighted by Crippen LogP contribution is -2.55. The summed E-state index contributed by atoms with van der Waals surface area (Å²) in [5.74, 6) is -0.507. The first kappa shape index (κ1) is 25.1. The van der Waals surface area contributed by atoms with Gasteiger partial charge in [-0.1, -0.05) is 0 Å². The zero-order chi connectivity index (χ0) is 26.3. The van der Waals surface area contributed by atoms with Crippen molar-refractivity contribution in [3.05, 3.63) is 41.6 Å². The van der Waals surface area contributed by atoms with E-state index in [0.29, 0.717) is 46.3 Å². The van der Waals surface area contributed by atoms with Gasteiger partial charge in [-0.3, -0.25) is 9.59 Å². The molecule has 3 atom stereocenters. The van der Waals surface area contributed by atoms with Crippen LogP contribution in [0.1, 0.15) is 42.2 Å². The first-order chi connectivity index (χ1) is 17.7. The molecule has 3 aromatic rings. The number of halogens is 2. The molecule has 1 aliphatic carbocycles. The number of ether oxygens (including phenoxy) is 1. The van der Waals surface area contributed by atoms with Crippen LogP contribution in [0, 0.1) is 18.7 Å². The molecule has 2 fully saturated rings. The number of aryl methyl sites for hydroxylation is 1. The van der Waals surface area contributed by atoms with Gasteiger partial charge in [0.25, 0.3) is 11.8 Å². The van der Waals surface area contributed by atoms with Crippen LogP contribution in [-0.2, 0) is 4.79 Å². The highest BCUT2D eigenvalue weighted by Gasteiger charge is 2.34. The SMILES string of the molecule is Cc1[nH]c2c(-c3cc(F)ccc3OCC3CC3)ncnc2c1C(=O)N[C@@H]1CCN(C(=O)[C@H](C)O)C[C@@H]1F. The maximum Gasteiger partial charge on any atom is 0.255 e. The molecule has 0 spiro atoms. The number of carbonyl (C=O) groups is 2. The van der Waals surface area contributed by atoms with Crippen LogP contribution in [0.5, 0.6) is 5.75 Å². The van der Waals surface area contributed by atoms with Crippen LogP contribution in [0.25, 0.3) is 22.3 Å². The van der Waals surface area contributed by atoms with E-state index in [1.807, 2.05) is 0 Å². The minimum atomic E-state index is -1.49. The summed E-state index contributed by atoms with van der Waals surface area (Å²) in [6.07, 6.45) is 1.03. The van der Waals surface area contributed by atoms with Crippen molar-refractivity contribution in [2.45, 2.75) is 51.4 Å². The van der Waals surface area contributed by atoms with E-state index in [-0.39, 0.29) is 25.1 Å². The van der Waals surface area contributed by atoms with Gasteiger partial charge < -0.3 is 25.0 Å². The summed E-state index contributed by atoms with van der Waals surface area (Å²) in [6, 6.07) is 3.44. The van der Waals surface area contributed by atoms with Gasteiger partial charge in [-0.2, -0.15) is 0 Å². The molecule has 0 bridgehead atoms. The third kappa shape index (κ3) is 5.13. The number of hydrogen-bond donors (Lipinski definition) is 3. The number of hydrogen-bond acceptors (Lipinski definition) is 6. The van der Waals surface area contributed by atoms with Crippen molar-refractivity contribution in [1.82, 2.24) is 25.2 Å². The smallest absolute Gasteiger partial charge is 0.255 e. The highest BCUT2D eigenvalue weighted by atomic mass is 19.1. The monoisotopic (exact) mass is 513 g/mol. The molecule has 1 aromatic carbocycles. The predicted octanol–water partition coefficient (Wildman–Crippen LogP) is 2.91. The molecule has 0 unspecified atom stereocenters. The topological polar surface area (TPSA) is 120 Å². The molecule has 2 aromatic heterocycles. The Bertz CT molecular complexity index is 1340. The van der Waals surface area contributed by atoms with Crippen LogP contribution in [0.2, 0.25) is 0 Å². The second kappa shape index (κ2) is 10.0. The molecule has 37 heavy (non-hydrogen) atoms. The van der Waals surface area contributed by atoms with Gasteiger partial charge in [0.1, 0.15) is 41.4 Å². The number of aromatic nitrogens is 3. The molecule has 5 rings (SSSR count). The van der Waals surface area contributed by atoms with Crippen LogP contribution in [0.4, 0.5) is 8.78 Å². The van der Waals surface area contributed by atoms with E-state index in [1.165, 1.54) is 30.3 Å². The fourth-order valence-corrected chi connectivity index (χ4v) is 4.68. The summed E-state index contributed by atoms with van der Waals surface area (Å²) >= 11 is 0. The molecule has 0 radical (unpaired) electrons. The molecule has 1 saturated carbocycles. The Kier molecular flexibility index (Phi) is 6.80. The third-order valence-corrected chi connectivity index (χ3v) is 6.89. The lowest BCUT2D eigenvalue weighted by atomic mass is 10.0. The number of aromatic amines is 1. The Morgan fingerprint density at radius 3 is 2.78 bits per heavy atom. The standard InChI is InChI=1S/C26H29F2N5O4/c1-13-21(25(35)32-19-7-8-33(10-18(19)28)26(36)14(2)34)23-24(31-13)22(29-12-30-23)17-9-16(27)5-6-20(17)37-11-15-3-4-15/h5-6,9,12,14-15,18-19,31,34H,3-4,7-8,10-11H2,1-2H3,(H,32,35)/t14-,18-,19+/m0/s1. The summed E-state index contributed by atoms with van der Waals surface area (Å²) in [6.45, 7) is 3.59. The molecular weight excluding hydrogens is 484 g/mol. The fraction of sp³-hybridized carbons (Fsp3) is 0.462. The number of likely N-dealkylation sites (tertiary alicyclic amines) is 1. The number of aliphatic hydroxyl groups excluding tert-OH is 1. The number of benzene rings is 1. The van der Waals surface area contributed by atoms with E-state index in [4.69, 9.17) is 4.74 Å². The van der Waals surface area contributed by atoms with Gasteiger partial charge in [-0.25, -0.2) is 18.7 Å². The Labute approximate surface area is 212 Å². The van der Waals surface area contributed by atoms with Gasteiger partial charge in [-0.15, -0.1) is 0 Å². The number of piperidine rings is 1. The van der Waals surface area contributed by atoms with E-state index in [9.17, 15) is 23.5 Å². The van der Waals surface area contributed by atoms with E-state index >= 15 is 0 Å². The van der Waals surface area contributed by atoms with Crippen molar-refractivity contribution in [2.24, 2.45) is 5.92 Å². The zero-order valence-corrected chi connectivity index (χ0v) is 20.6. The number of H-pyrrole nitrogens is 1. The highest BCUT2D eigenvalue weighted by molar-refractivity contribution is 6.09. The van der Waals surface area contributed by atoms with Crippen LogP contribution in [0.15, 0.2) is 24.5 Å². The summed E-state index contributed by atoms with van der Waals surface area (Å²) in [5, 5.41) is 12.2. The van der Waals surface area contributed by atoms with Crippen molar-refractivity contribution >= 4 is 22.8 Å². The first-order valence-electron chi connectivity index (χ1n) is 12.4. The number of nitrogens with one attached hydrogen (secondary N) is 2.